The van der Waals surface area contributed by atoms with Crippen molar-refractivity contribution in [1.82, 2.24) is 0 Å². The Labute approximate surface area is 110 Å². The Morgan fingerprint density at radius 1 is 1.35 bits per heavy atom. The van der Waals surface area contributed by atoms with E-state index in [4.69, 9.17) is 4.74 Å². The van der Waals surface area contributed by atoms with Crippen LogP contribution in [0.2, 0.25) is 0 Å². The van der Waals surface area contributed by atoms with Crippen molar-refractivity contribution in [3.8, 4) is 0 Å². The van der Waals surface area contributed by atoms with E-state index in [-0.39, 0.29) is 5.97 Å². The lowest BCUT2D eigenvalue weighted by atomic mass is 10.0. The molecule has 0 spiro atoms. The van der Waals surface area contributed by atoms with Crippen LogP contribution in [0.15, 0.2) is 30.3 Å². The maximum absolute atomic E-state index is 11.3. The normalized spacial score (nSPS) is 11.4. The van der Waals surface area contributed by atoms with Gasteiger partial charge < -0.3 is 9.47 Å². The van der Waals surface area contributed by atoms with Crippen LogP contribution in [0.5, 0.6) is 0 Å². The summed E-state index contributed by atoms with van der Waals surface area (Å²) in [5, 5.41) is 0.728. The molecule has 0 saturated carbocycles. The summed E-state index contributed by atoms with van der Waals surface area (Å²) in [5.41, 5.74) is 2.92. The number of carbonyl (C=O) groups is 1. The van der Waals surface area contributed by atoms with Crippen molar-refractivity contribution in [1.29, 1.82) is 0 Å². The molecule has 0 aromatic heterocycles. The van der Waals surface area contributed by atoms with E-state index < -0.39 is 0 Å². The van der Waals surface area contributed by atoms with E-state index in [2.05, 4.69) is 20.7 Å². The van der Waals surface area contributed by atoms with Crippen molar-refractivity contribution in [3.63, 3.8) is 0 Å². The maximum Gasteiger partial charge on any atom is 0.330 e. The molecular formula is C13H15BrO3. The van der Waals surface area contributed by atoms with Gasteiger partial charge in [0.1, 0.15) is 0 Å². The minimum Gasteiger partial charge on any atom is -0.466 e. The van der Waals surface area contributed by atoms with Gasteiger partial charge in [0.2, 0.25) is 0 Å². The van der Waals surface area contributed by atoms with Crippen LogP contribution in [0, 0.1) is 0 Å². The molecule has 4 heteroatoms. The second-order valence-corrected chi connectivity index (χ2v) is 3.98. The molecule has 1 aromatic carbocycles. The standard InChI is InChI=1S/C13H15BrO3/c1-16-9-11(7-13(15)17-2)12-6-4-3-5-10(12)8-14/h3-7H,8-9H2,1-2H3/b11-7-. The third-order valence-corrected chi connectivity index (χ3v) is 2.90. The number of alkyl halides is 1. The molecular weight excluding hydrogens is 284 g/mol. The smallest absolute Gasteiger partial charge is 0.330 e. The highest BCUT2D eigenvalue weighted by Gasteiger charge is 2.08. The number of rotatable bonds is 5. The van der Waals surface area contributed by atoms with Gasteiger partial charge in [-0.1, -0.05) is 40.2 Å². The van der Waals surface area contributed by atoms with Gasteiger partial charge in [-0.25, -0.2) is 4.79 Å². The van der Waals surface area contributed by atoms with Gasteiger partial charge >= 0.3 is 5.97 Å². The summed E-state index contributed by atoms with van der Waals surface area (Å²) in [6, 6.07) is 7.86. The zero-order valence-electron chi connectivity index (χ0n) is 9.90. The number of carbonyl (C=O) groups excluding carboxylic acids is 1. The summed E-state index contributed by atoms with van der Waals surface area (Å²) in [6.45, 7) is 0.374. The first-order valence-corrected chi connectivity index (χ1v) is 6.26. The van der Waals surface area contributed by atoms with Crippen molar-refractivity contribution >= 4 is 27.5 Å². The van der Waals surface area contributed by atoms with Crippen molar-refractivity contribution < 1.29 is 14.3 Å². The highest BCUT2D eigenvalue weighted by Crippen LogP contribution is 2.21. The van der Waals surface area contributed by atoms with E-state index in [9.17, 15) is 4.79 Å². The van der Waals surface area contributed by atoms with Crippen molar-refractivity contribution in [3.05, 3.63) is 41.5 Å². The Hall–Kier alpha value is -1.13. The Balaban J connectivity index is 3.13. The molecule has 0 radical (unpaired) electrons. The van der Waals surface area contributed by atoms with Gasteiger partial charge in [-0.2, -0.15) is 0 Å². The Kier molecular flexibility index (Phi) is 5.94. The van der Waals surface area contributed by atoms with Crippen LogP contribution in [0.3, 0.4) is 0 Å². The minimum atomic E-state index is -0.374. The number of benzene rings is 1. The van der Waals surface area contributed by atoms with E-state index in [0.717, 1.165) is 22.0 Å². The minimum absolute atomic E-state index is 0.374. The number of esters is 1. The van der Waals surface area contributed by atoms with Crippen molar-refractivity contribution in [2.45, 2.75) is 5.33 Å². The molecule has 0 amide bonds. The second kappa shape index (κ2) is 7.25. The van der Waals surface area contributed by atoms with E-state index in [0.29, 0.717) is 6.61 Å². The van der Waals surface area contributed by atoms with Crippen molar-refractivity contribution in [2.24, 2.45) is 0 Å². The average molecular weight is 299 g/mol. The first kappa shape index (κ1) is 13.9. The number of hydrogen-bond acceptors (Lipinski definition) is 3. The molecule has 0 unspecified atom stereocenters. The molecule has 1 rings (SSSR count). The molecule has 0 aliphatic rings. The lowest BCUT2D eigenvalue weighted by Crippen LogP contribution is -2.03. The zero-order valence-corrected chi connectivity index (χ0v) is 11.5. The predicted octanol–water partition coefficient (Wildman–Crippen LogP) is 2.78. The molecule has 0 atom stereocenters. The molecule has 0 fully saturated rings. The van der Waals surface area contributed by atoms with E-state index in [1.54, 1.807) is 7.11 Å². The summed E-state index contributed by atoms with van der Waals surface area (Å²) in [5.74, 6) is -0.374. The Morgan fingerprint density at radius 2 is 2.06 bits per heavy atom. The maximum atomic E-state index is 11.3. The molecule has 0 heterocycles. The van der Waals surface area contributed by atoms with Gasteiger partial charge in [0.05, 0.1) is 13.7 Å². The molecule has 0 saturated heterocycles. The fraction of sp³-hybridized carbons (Fsp3) is 0.308. The third kappa shape index (κ3) is 3.98. The van der Waals surface area contributed by atoms with E-state index >= 15 is 0 Å². The summed E-state index contributed by atoms with van der Waals surface area (Å²) in [6.07, 6.45) is 1.46. The van der Waals surface area contributed by atoms with Crippen molar-refractivity contribution in [2.75, 3.05) is 20.8 Å². The van der Waals surface area contributed by atoms with Crippen LogP contribution in [-0.2, 0) is 19.6 Å². The number of halogens is 1. The molecule has 0 bridgehead atoms. The molecule has 0 aliphatic heterocycles. The first-order valence-electron chi connectivity index (χ1n) is 5.14. The summed E-state index contributed by atoms with van der Waals surface area (Å²) in [7, 11) is 2.96. The Bertz CT molecular complexity index is 413. The van der Waals surface area contributed by atoms with Crippen LogP contribution >= 0.6 is 15.9 Å². The van der Waals surface area contributed by atoms with Crippen LogP contribution in [0.4, 0.5) is 0 Å². The highest BCUT2D eigenvalue weighted by atomic mass is 79.9. The van der Waals surface area contributed by atoms with E-state index in [1.807, 2.05) is 24.3 Å². The summed E-state index contributed by atoms with van der Waals surface area (Å²) >= 11 is 3.43. The van der Waals surface area contributed by atoms with Crippen LogP contribution in [0.25, 0.3) is 5.57 Å². The third-order valence-electron chi connectivity index (χ3n) is 2.30. The fourth-order valence-corrected chi connectivity index (χ4v) is 1.99. The topological polar surface area (TPSA) is 35.5 Å². The first-order chi connectivity index (χ1) is 8.22. The molecule has 3 nitrogen and oxygen atoms in total. The molecule has 17 heavy (non-hydrogen) atoms. The predicted molar refractivity (Wildman–Crippen MR) is 70.9 cm³/mol. The van der Waals surface area contributed by atoms with Gasteiger partial charge in [0, 0.05) is 18.5 Å². The quantitative estimate of drug-likeness (QED) is 0.476. The van der Waals surface area contributed by atoms with Crippen LogP contribution in [0.1, 0.15) is 11.1 Å². The van der Waals surface area contributed by atoms with E-state index in [1.165, 1.54) is 13.2 Å². The lowest BCUT2D eigenvalue weighted by Gasteiger charge is -2.10. The molecule has 92 valence electrons. The van der Waals surface area contributed by atoms with Gasteiger partial charge in [-0.15, -0.1) is 0 Å². The number of ether oxygens (including phenoxy) is 2. The van der Waals surface area contributed by atoms with Crippen LogP contribution in [-0.4, -0.2) is 26.8 Å². The summed E-state index contributed by atoms with van der Waals surface area (Å²) < 4.78 is 9.75. The molecule has 0 N–H and O–H groups in total. The monoisotopic (exact) mass is 298 g/mol. The fourth-order valence-electron chi connectivity index (χ4n) is 1.50. The van der Waals surface area contributed by atoms with Gasteiger partial charge in [0.25, 0.3) is 0 Å². The SMILES string of the molecule is COC/C(=C/C(=O)OC)c1ccccc1CBr. The second-order valence-electron chi connectivity index (χ2n) is 3.42. The lowest BCUT2D eigenvalue weighted by molar-refractivity contribution is -0.134. The summed E-state index contributed by atoms with van der Waals surface area (Å²) in [4.78, 5) is 11.3. The van der Waals surface area contributed by atoms with Gasteiger partial charge in [0.15, 0.2) is 0 Å². The molecule has 1 aromatic rings. The largest absolute Gasteiger partial charge is 0.466 e. The highest BCUT2D eigenvalue weighted by molar-refractivity contribution is 9.08. The van der Waals surface area contributed by atoms with Gasteiger partial charge in [-0.05, 0) is 16.7 Å². The molecule has 0 aliphatic carbocycles. The number of methoxy groups -OCH3 is 2. The average Bonchev–Trinajstić information content (AvgIpc) is 2.38. The van der Waals surface area contributed by atoms with Crippen LogP contribution < -0.4 is 0 Å². The van der Waals surface area contributed by atoms with Gasteiger partial charge in [-0.3, -0.25) is 0 Å². The Morgan fingerprint density at radius 3 is 2.65 bits per heavy atom. The zero-order chi connectivity index (χ0) is 12.7. The number of hydrogen-bond donors (Lipinski definition) is 0.